The Hall–Kier alpha value is -3.84. The van der Waals surface area contributed by atoms with E-state index in [-0.39, 0.29) is 24.6 Å². The lowest BCUT2D eigenvalue weighted by Crippen LogP contribution is -2.11. The first-order valence-electron chi connectivity index (χ1n) is 12.6. The van der Waals surface area contributed by atoms with Crippen LogP contribution in [0.2, 0.25) is 0 Å². The summed E-state index contributed by atoms with van der Waals surface area (Å²) in [6, 6.07) is 10.7. The number of ether oxygens (including phenoxy) is 2. The summed E-state index contributed by atoms with van der Waals surface area (Å²) in [6.45, 7) is 9.71. The molecule has 6 nitrogen and oxygen atoms in total. The van der Waals surface area contributed by atoms with Crippen molar-refractivity contribution in [3.63, 3.8) is 0 Å². The second kappa shape index (κ2) is 10.9. The zero-order valence-electron chi connectivity index (χ0n) is 22.4. The average Bonchev–Trinajstić information content (AvgIpc) is 2.85. The second-order valence-electron chi connectivity index (χ2n) is 10.3. The summed E-state index contributed by atoms with van der Waals surface area (Å²) in [5.74, 6) is -0.166. The van der Waals surface area contributed by atoms with Gasteiger partial charge in [0, 0.05) is 29.0 Å². The molecule has 1 N–H and O–H groups in total. The average molecular weight is 518 g/mol. The van der Waals surface area contributed by atoms with Crippen molar-refractivity contribution in [1.82, 2.24) is 4.98 Å². The van der Waals surface area contributed by atoms with Crippen LogP contribution in [0.25, 0.3) is 32.8 Å². The van der Waals surface area contributed by atoms with E-state index in [9.17, 15) is 9.59 Å². The number of benzene rings is 3. The van der Waals surface area contributed by atoms with Crippen LogP contribution in [-0.2, 0) is 22.4 Å². The van der Waals surface area contributed by atoms with Gasteiger partial charge in [0.15, 0.2) is 6.29 Å². The number of hydrogen-bond acceptors (Lipinski definition) is 6. The summed E-state index contributed by atoms with van der Waals surface area (Å²) in [6.07, 6.45) is 3.10. The van der Waals surface area contributed by atoms with Crippen LogP contribution in [0.1, 0.15) is 54.7 Å². The Kier molecular flexibility index (Phi) is 7.78. The number of fused-ring (bicyclic) bond motifs is 1. The number of nitrogens with zero attached hydrogens (tertiary/aromatic N) is 1. The van der Waals surface area contributed by atoms with Crippen LogP contribution in [0.3, 0.4) is 0 Å². The van der Waals surface area contributed by atoms with Crippen LogP contribution >= 0.6 is 0 Å². The molecular weight excluding hydrogens is 485 g/mol. The van der Waals surface area contributed by atoms with Crippen molar-refractivity contribution in [2.75, 3.05) is 13.2 Å². The van der Waals surface area contributed by atoms with E-state index in [1.807, 2.05) is 25.1 Å². The summed E-state index contributed by atoms with van der Waals surface area (Å²) in [5, 5.41) is 10.4. The second-order valence-corrected chi connectivity index (χ2v) is 10.3. The Morgan fingerprint density at radius 2 is 1.92 bits per heavy atom. The number of halogens is 1. The van der Waals surface area contributed by atoms with Crippen LogP contribution in [0.15, 0.2) is 42.6 Å². The van der Waals surface area contributed by atoms with Crippen LogP contribution < -0.4 is 4.74 Å². The predicted octanol–water partition coefficient (Wildman–Crippen LogP) is 6.13. The van der Waals surface area contributed by atoms with Gasteiger partial charge >= 0.3 is 5.97 Å². The standard InChI is InChI=1S/C27H22FNO4.C4H10O/c1-3-32-23(31)13-20-15(2)12-21-18(5-4-17(14-30)26(21)28)25(20)19-6-7-22-24-16(9-11-33-22)8-10-29-27(19)24;1-4(2,3)5/h4-8,10,12,14H,3,9,11,13H2,1-2H3;5H,1-3H3. The summed E-state index contributed by atoms with van der Waals surface area (Å²) in [7, 11) is 0. The minimum Gasteiger partial charge on any atom is -0.493 e. The van der Waals surface area contributed by atoms with Gasteiger partial charge in [-0.15, -0.1) is 0 Å². The highest BCUT2D eigenvalue weighted by atomic mass is 19.1. The normalized spacial score (nSPS) is 12.5. The molecule has 0 amide bonds. The van der Waals surface area contributed by atoms with Crippen molar-refractivity contribution in [3.8, 4) is 16.9 Å². The lowest BCUT2D eigenvalue weighted by Gasteiger charge is -2.22. The first-order valence-corrected chi connectivity index (χ1v) is 12.6. The highest BCUT2D eigenvalue weighted by Gasteiger charge is 2.23. The molecule has 7 heteroatoms. The fourth-order valence-electron chi connectivity index (χ4n) is 4.72. The molecule has 0 fully saturated rings. The van der Waals surface area contributed by atoms with E-state index in [1.54, 1.807) is 46.0 Å². The monoisotopic (exact) mass is 517 g/mol. The third-order valence-electron chi connectivity index (χ3n) is 6.21. The SMILES string of the molecule is CC(C)(C)O.CCOC(=O)Cc1c(C)cc2c(F)c(C=O)ccc2c1-c1ccc2c3c(ccnc13)CCO2. The number of aldehydes is 1. The predicted molar refractivity (Wildman–Crippen MR) is 146 cm³/mol. The van der Waals surface area contributed by atoms with Gasteiger partial charge in [0.05, 0.1) is 36.3 Å². The number of carbonyl (C=O) groups excluding carboxylic acids is 2. The number of aryl methyl sites for hydroxylation is 1. The maximum absolute atomic E-state index is 15.2. The molecule has 3 aromatic carbocycles. The highest BCUT2D eigenvalue weighted by Crippen LogP contribution is 2.43. The van der Waals surface area contributed by atoms with Crippen molar-refractivity contribution in [3.05, 3.63) is 70.7 Å². The minimum absolute atomic E-state index is 0.00517. The molecule has 0 saturated heterocycles. The Morgan fingerprint density at radius 3 is 2.61 bits per heavy atom. The fourth-order valence-corrected chi connectivity index (χ4v) is 4.72. The van der Waals surface area contributed by atoms with Gasteiger partial charge in [0.25, 0.3) is 0 Å². The first kappa shape index (κ1) is 27.2. The molecule has 0 bridgehead atoms. The van der Waals surface area contributed by atoms with E-state index < -0.39 is 11.4 Å². The zero-order valence-corrected chi connectivity index (χ0v) is 22.4. The summed E-state index contributed by atoms with van der Waals surface area (Å²) >= 11 is 0. The number of hydrogen-bond donors (Lipinski definition) is 1. The van der Waals surface area contributed by atoms with Crippen molar-refractivity contribution < 1.29 is 28.6 Å². The van der Waals surface area contributed by atoms with E-state index in [0.29, 0.717) is 23.7 Å². The third kappa shape index (κ3) is 5.53. The maximum Gasteiger partial charge on any atom is 0.310 e. The Bertz CT molecular complexity index is 1520. The first-order chi connectivity index (χ1) is 18.0. The number of aliphatic hydroxyl groups is 1. The molecule has 1 aliphatic rings. The van der Waals surface area contributed by atoms with E-state index in [0.717, 1.165) is 50.9 Å². The number of rotatable bonds is 5. The van der Waals surface area contributed by atoms with E-state index >= 15 is 4.39 Å². The van der Waals surface area contributed by atoms with E-state index in [4.69, 9.17) is 14.6 Å². The lowest BCUT2D eigenvalue weighted by molar-refractivity contribution is -0.142. The van der Waals surface area contributed by atoms with Gasteiger partial charge < -0.3 is 14.6 Å². The smallest absolute Gasteiger partial charge is 0.310 e. The molecule has 0 saturated carbocycles. The third-order valence-corrected chi connectivity index (χ3v) is 6.21. The molecule has 0 spiro atoms. The molecule has 1 aliphatic heterocycles. The molecule has 4 aromatic rings. The molecule has 0 radical (unpaired) electrons. The Morgan fingerprint density at radius 1 is 1.18 bits per heavy atom. The quantitative estimate of drug-likeness (QED) is 0.253. The van der Waals surface area contributed by atoms with Crippen LogP contribution in [0.4, 0.5) is 4.39 Å². The van der Waals surface area contributed by atoms with Crippen molar-refractivity contribution in [2.45, 2.75) is 53.1 Å². The molecule has 198 valence electrons. The Labute approximate surface area is 221 Å². The number of aromatic nitrogens is 1. The molecule has 0 aliphatic carbocycles. The van der Waals surface area contributed by atoms with Gasteiger partial charge in [-0.3, -0.25) is 14.6 Å². The van der Waals surface area contributed by atoms with Gasteiger partial charge in [-0.25, -0.2) is 4.39 Å². The van der Waals surface area contributed by atoms with Gasteiger partial charge in [-0.2, -0.15) is 0 Å². The molecule has 5 rings (SSSR count). The fraction of sp³-hybridized carbons (Fsp3) is 0.323. The zero-order chi connectivity index (χ0) is 27.6. The number of esters is 1. The molecular formula is C31H32FNO5. The van der Waals surface area contributed by atoms with Gasteiger partial charge in [0.1, 0.15) is 11.6 Å². The summed E-state index contributed by atoms with van der Waals surface area (Å²) in [5.41, 5.74) is 4.36. The molecule has 38 heavy (non-hydrogen) atoms. The molecule has 2 heterocycles. The van der Waals surface area contributed by atoms with Crippen molar-refractivity contribution in [2.24, 2.45) is 0 Å². The van der Waals surface area contributed by atoms with Crippen LogP contribution in [0.5, 0.6) is 5.75 Å². The highest BCUT2D eigenvalue weighted by molar-refractivity contribution is 6.09. The number of carbonyl (C=O) groups is 2. The molecule has 0 unspecified atom stereocenters. The van der Waals surface area contributed by atoms with Crippen molar-refractivity contribution in [1.29, 1.82) is 0 Å². The van der Waals surface area contributed by atoms with Gasteiger partial charge in [-0.05, 0) is 92.6 Å². The van der Waals surface area contributed by atoms with Crippen LogP contribution in [0, 0.1) is 12.7 Å². The summed E-state index contributed by atoms with van der Waals surface area (Å²) < 4.78 is 26.3. The Balaban J connectivity index is 0.000000617. The van der Waals surface area contributed by atoms with E-state index in [2.05, 4.69) is 4.98 Å². The van der Waals surface area contributed by atoms with Gasteiger partial charge in [0.2, 0.25) is 0 Å². The van der Waals surface area contributed by atoms with E-state index in [1.165, 1.54) is 6.07 Å². The van der Waals surface area contributed by atoms with Crippen LogP contribution in [-0.4, -0.2) is 41.2 Å². The summed E-state index contributed by atoms with van der Waals surface area (Å²) in [4.78, 5) is 28.5. The van der Waals surface area contributed by atoms with Gasteiger partial charge in [-0.1, -0.05) is 6.07 Å². The largest absolute Gasteiger partial charge is 0.493 e. The lowest BCUT2D eigenvalue weighted by atomic mass is 9.86. The minimum atomic E-state index is -0.575. The molecule has 1 aromatic heterocycles. The maximum atomic E-state index is 15.2. The topological polar surface area (TPSA) is 85.7 Å². The number of pyridine rings is 1. The molecule has 0 atom stereocenters. The van der Waals surface area contributed by atoms with Crippen molar-refractivity contribution >= 4 is 33.9 Å².